The number of methoxy groups -OCH3 is 1. The van der Waals surface area contributed by atoms with Crippen molar-refractivity contribution in [3.63, 3.8) is 0 Å². The van der Waals surface area contributed by atoms with Gasteiger partial charge in [-0.2, -0.15) is 0 Å². The molecule has 2 atom stereocenters. The van der Waals surface area contributed by atoms with Gasteiger partial charge in [-0.25, -0.2) is 0 Å². The van der Waals surface area contributed by atoms with Crippen LogP contribution in [0.25, 0.3) is 10.1 Å². The Kier molecular flexibility index (Phi) is 5.56. The molecular weight excluding hydrogens is 356 g/mol. The first-order valence-electron chi connectivity index (χ1n) is 8.74. The van der Waals surface area contributed by atoms with Gasteiger partial charge in [0.1, 0.15) is 5.75 Å². The molecule has 2 saturated heterocycles. The molecule has 0 saturated carbocycles. The number of nitrogens with zero attached hydrogens (tertiary/aromatic N) is 1. The van der Waals surface area contributed by atoms with E-state index >= 15 is 0 Å². The van der Waals surface area contributed by atoms with Gasteiger partial charge < -0.3 is 15.0 Å². The minimum Gasteiger partial charge on any atom is -0.497 e. The number of hydrogen-bond donors (Lipinski definition) is 1. The van der Waals surface area contributed by atoms with Crippen molar-refractivity contribution in [2.24, 2.45) is 11.8 Å². The van der Waals surface area contributed by atoms with Crippen molar-refractivity contribution < 1.29 is 9.53 Å². The van der Waals surface area contributed by atoms with E-state index < -0.39 is 0 Å². The van der Waals surface area contributed by atoms with Crippen LogP contribution in [0.1, 0.15) is 28.1 Å². The second-order valence-corrected chi connectivity index (χ2v) is 8.02. The second kappa shape index (κ2) is 7.52. The summed E-state index contributed by atoms with van der Waals surface area (Å²) in [7, 11) is 1.68. The third-order valence-electron chi connectivity index (χ3n) is 5.64. The van der Waals surface area contributed by atoms with Gasteiger partial charge in [0.05, 0.1) is 12.0 Å². The summed E-state index contributed by atoms with van der Waals surface area (Å²) in [5.41, 5.74) is 1.09. The molecule has 4 rings (SSSR count). The Morgan fingerprint density at radius 3 is 2.56 bits per heavy atom. The molecule has 1 amide bonds. The summed E-state index contributed by atoms with van der Waals surface area (Å²) < 4.78 is 6.49. The fourth-order valence-electron chi connectivity index (χ4n) is 4.10. The van der Waals surface area contributed by atoms with Gasteiger partial charge in [0, 0.05) is 17.8 Å². The molecule has 0 aliphatic carbocycles. The van der Waals surface area contributed by atoms with Crippen LogP contribution in [0.4, 0.5) is 0 Å². The average Bonchev–Trinajstić information content (AvgIpc) is 3.13. The molecule has 2 fully saturated rings. The van der Waals surface area contributed by atoms with Crippen molar-refractivity contribution in [3.8, 4) is 5.75 Å². The van der Waals surface area contributed by atoms with E-state index in [1.807, 2.05) is 12.1 Å². The van der Waals surface area contributed by atoms with Crippen molar-refractivity contribution in [2.75, 3.05) is 33.3 Å². The summed E-state index contributed by atoms with van der Waals surface area (Å²) in [6, 6.07) is 6.06. The number of benzene rings is 1. The number of hydrogen-bond acceptors (Lipinski definition) is 4. The largest absolute Gasteiger partial charge is 0.497 e. The lowest BCUT2D eigenvalue weighted by molar-refractivity contribution is 0.0763. The molecule has 2 aromatic rings. The van der Waals surface area contributed by atoms with Crippen LogP contribution >= 0.6 is 23.7 Å². The number of fused-ring (bicyclic) bond motifs is 2. The Morgan fingerprint density at radius 1 is 1.24 bits per heavy atom. The fraction of sp³-hybridized carbons (Fsp3) is 0.526. The molecule has 4 nitrogen and oxygen atoms in total. The number of nitrogens with one attached hydrogen (secondary N) is 1. The van der Waals surface area contributed by atoms with Crippen LogP contribution in [-0.2, 0) is 0 Å². The fourth-order valence-corrected chi connectivity index (χ4v) is 5.25. The van der Waals surface area contributed by atoms with Gasteiger partial charge in [-0.3, -0.25) is 4.79 Å². The van der Waals surface area contributed by atoms with Gasteiger partial charge >= 0.3 is 0 Å². The normalized spacial score (nSPS) is 23.0. The number of ether oxygens (including phenoxy) is 1. The van der Waals surface area contributed by atoms with E-state index in [0.29, 0.717) is 0 Å². The summed E-state index contributed by atoms with van der Waals surface area (Å²) in [6.07, 6.45) is 2.25. The maximum absolute atomic E-state index is 13.1. The molecule has 2 aliphatic heterocycles. The SMILES string of the molecule is COc1ccc2sc(C(=O)N3CC[C@@H]4CNC[C@@H]4CC3)c(C)c2c1.Cl. The van der Waals surface area contributed by atoms with E-state index in [1.54, 1.807) is 18.4 Å². The van der Waals surface area contributed by atoms with Crippen molar-refractivity contribution in [1.29, 1.82) is 0 Å². The van der Waals surface area contributed by atoms with E-state index in [0.717, 1.165) is 77.1 Å². The van der Waals surface area contributed by atoms with Crippen LogP contribution < -0.4 is 10.1 Å². The first-order valence-corrected chi connectivity index (χ1v) is 9.56. The molecule has 1 N–H and O–H groups in total. The number of carbonyl (C=O) groups excluding carboxylic acids is 1. The van der Waals surface area contributed by atoms with Crippen LogP contribution in [0, 0.1) is 18.8 Å². The Bertz CT molecular complexity index is 762. The third kappa shape index (κ3) is 3.37. The molecule has 6 heteroatoms. The Morgan fingerprint density at radius 2 is 1.92 bits per heavy atom. The predicted molar refractivity (Wildman–Crippen MR) is 105 cm³/mol. The first-order chi connectivity index (χ1) is 11.7. The van der Waals surface area contributed by atoms with E-state index in [4.69, 9.17) is 4.74 Å². The number of thiophene rings is 1. The zero-order chi connectivity index (χ0) is 16.7. The van der Waals surface area contributed by atoms with Crippen LogP contribution in [-0.4, -0.2) is 44.1 Å². The van der Waals surface area contributed by atoms with Crippen LogP contribution in [0.3, 0.4) is 0 Å². The standard InChI is InChI=1S/C19H24N2O2S.ClH/c1-12-16-9-15(23-2)3-4-17(16)24-18(12)19(22)21-7-5-13-10-20-11-14(13)6-8-21;/h3-4,9,13-14,20H,5-8,10-11H2,1-2H3;1H/t13-,14+;. The topological polar surface area (TPSA) is 41.6 Å². The zero-order valence-electron chi connectivity index (χ0n) is 14.7. The van der Waals surface area contributed by atoms with E-state index in [2.05, 4.69) is 23.2 Å². The minimum absolute atomic E-state index is 0. The monoisotopic (exact) mass is 380 g/mol. The van der Waals surface area contributed by atoms with Gasteiger partial charge in [0.2, 0.25) is 0 Å². The summed E-state index contributed by atoms with van der Waals surface area (Å²) in [5, 5.41) is 4.63. The third-order valence-corrected chi connectivity index (χ3v) is 6.90. The quantitative estimate of drug-likeness (QED) is 0.863. The number of amides is 1. The molecule has 0 radical (unpaired) electrons. The molecule has 2 aliphatic rings. The van der Waals surface area contributed by atoms with Gasteiger partial charge in [0.25, 0.3) is 5.91 Å². The summed E-state index contributed by atoms with van der Waals surface area (Å²) in [5.74, 6) is 2.55. The van der Waals surface area contributed by atoms with Crippen molar-refractivity contribution in [3.05, 3.63) is 28.6 Å². The lowest BCUT2D eigenvalue weighted by atomic mass is 9.92. The lowest BCUT2D eigenvalue weighted by Crippen LogP contribution is -2.32. The van der Waals surface area contributed by atoms with Gasteiger partial charge in [-0.1, -0.05) is 0 Å². The van der Waals surface area contributed by atoms with Crippen LogP contribution in [0.5, 0.6) is 5.75 Å². The molecule has 136 valence electrons. The number of likely N-dealkylation sites (tertiary alicyclic amines) is 1. The maximum Gasteiger partial charge on any atom is 0.264 e. The highest BCUT2D eigenvalue weighted by molar-refractivity contribution is 7.21. The summed E-state index contributed by atoms with van der Waals surface area (Å²) >= 11 is 1.61. The zero-order valence-corrected chi connectivity index (χ0v) is 16.3. The highest BCUT2D eigenvalue weighted by atomic mass is 35.5. The number of rotatable bonds is 2. The summed E-state index contributed by atoms with van der Waals surface area (Å²) in [6.45, 7) is 6.07. The highest BCUT2D eigenvalue weighted by Crippen LogP contribution is 2.35. The highest BCUT2D eigenvalue weighted by Gasteiger charge is 2.32. The van der Waals surface area contributed by atoms with Crippen molar-refractivity contribution in [1.82, 2.24) is 10.2 Å². The molecule has 1 aromatic carbocycles. The first kappa shape index (κ1) is 18.5. The molecular formula is C19H25ClN2O2S. The molecule has 25 heavy (non-hydrogen) atoms. The molecule has 0 bridgehead atoms. The molecule has 3 heterocycles. The molecule has 0 spiro atoms. The lowest BCUT2D eigenvalue weighted by Gasteiger charge is -2.20. The predicted octanol–water partition coefficient (Wildman–Crippen LogP) is 3.71. The number of halogens is 1. The van der Waals surface area contributed by atoms with Crippen molar-refractivity contribution in [2.45, 2.75) is 19.8 Å². The van der Waals surface area contributed by atoms with E-state index in [-0.39, 0.29) is 18.3 Å². The number of carbonyl (C=O) groups is 1. The summed E-state index contributed by atoms with van der Waals surface area (Å²) in [4.78, 5) is 16.1. The Balaban J connectivity index is 0.00000182. The second-order valence-electron chi connectivity index (χ2n) is 6.97. The Hall–Kier alpha value is -1.30. The van der Waals surface area contributed by atoms with E-state index in [9.17, 15) is 4.79 Å². The molecule has 0 unspecified atom stereocenters. The van der Waals surface area contributed by atoms with Crippen molar-refractivity contribution >= 4 is 39.7 Å². The van der Waals surface area contributed by atoms with Gasteiger partial charge in [0.15, 0.2) is 0 Å². The van der Waals surface area contributed by atoms with Crippen LogP contribution in [0.15, 0.2) is 18.2 Å². The minimum atomic E-state index is 0. The molecule has 1 aromatic heterocycles. The van der Waals surface area contributed by atoms with Gasteiger partial charge in [-0.05, 0) is 73.8 Å². The average molecular weight is 381 g/mol. The van der Waals surface area contributed by atoms with Crippen LogP contribution in [0.2, 0.25) is 0 Å². The maximum atomic E-state index is 13.1. The smallest absolute Gasteiger partial charge is 0.264 e. The van der Waals surface area contributed by atoms with Gasteiger partial charge in [-0.15, -0.1) is 23.7 Å². The Labute approximate surface area is 158 Å². The van der Waals surface area contributed by atoms with E-state index in [1.165, 1.54) is 0 Å². The number of aryl methyl sites for hydroxylation is 1.